The molecule has 5 heteroatoms. The number of carbonyl (C=O) groups is 2. The predicted molar refractivity (Wildman–Crippen MR) is 54.3 cm³/mol. The molecule has 0 heterocycles. The molecule has 0 radical (unpaired) electrons. The van der Waals surface area contributed by atoms with Gasteiger partial charge in [0.2, 0.25) is 11.8 Å². The van der Waals surface area contributed by atoms with Gasteiger partial charge in [-0.3, -0.25) is 9.59 Å². The van der Waals surface area contributed by atoms with Crippen LogP contribution in [0.2, 0.25) is 0 Å². The highest BCUT2D eigenvalue weighted by atomic mass is 16.2. The van der Waals surface area contributed by atoms with E-state index < -0.39 is 11.4 Å². The highest BCUT2D eigenvalue weighted by molar-refractivity contribution is 5.89. The van der Waals surface area contributed by atoms with Crippen LogP contribution in [0.4, 0.5) is 0 Å². The molecule has 0 spiro atoms. The first kappa shape index (κ1) is 12.9. The molecule has 0 aliphatic rings. The molecule has 0 unspecified atom stereocenters. The highest BCUT2D eigenvalue weighted by Gasteiger charge is 2.28. The van der Waals surface area contributed by atoms with Crippen LogP contribution in [0.15, 0.2) is 0 Å². The van der Waals surface area contributed by atoms with Gasteiger partial charge in [0.1, 0.15) is 0 Å². The summed E-state index contributed by atoms with van der Waals surface area (Å²) in [7, 11) is 0. The number of nitrogens with one attached hydrogen (secondary N) is 1. The summed E-state index contributed by atoms with van der Waals surface area (Å²) in [6.07, 6.45) is 0.567. The SMILES string of the molecule is CC(C)C[C@](C)(N)C(=O)NCC(N)=O. The number of rotatable bonds is 5. The standard InChI is InChI=1S/C9H19N3O2/c1-6(2)4-9(3,11)8(14)12-5-7(10)13/h6H,4-5,11H2,1-3H3,(H2,10,13)(H,12,14)/t9-/m0/s1. The van der Waals surface area contributed by atoms with Gasteiger partial charge in [0.15, 0.2) is 0 Å². The smallest absolute Gasteiger partial charge is 0.240 e. The highest BCUT2D eigenvalue weighted by Crippen LogP contribution is 2.13. The second-order valence-corrected chi connectivity index (χ2v) is 4.16. The van der Waals surface area contributed by atoms with Gasteiger partial charge in [-0.15, -0.1) is 0 Å². The number of hydrogen-bond donors (Lipinski definition) is 3. The first-order valence-electron chi connectivity index (χ1n) is 4.61. The molecule has 5 nitrogen and oxygen atoms in total. The monoisotopic (exact) mass is 201 g/mol. The average molecular weight is 201 g/mol. The Morgan fingerprint density at radius 3 is 2.29 bits per heavy atom. The van der Waals surface area contributed by atoms with Gasteiger partial charge in [0.25, 0.3) is 0 Å². The van der Waals surface area contributed by atoms with Crippen LogP contribution in [0.5, 0.6) is 0 Å². The van der Waals surface area contributed by atoms with E-state index in [4.69, 9.17) is 11.5 Å². The Bertz CT molecular complexity index is 224. The zero-order valence-electron chi connectivity index (χ0n) is 8.96. The van der Waals surface area contributed by atoms with E-state index in [2.05, 4.69) is 5.32 Å². The summed E-state index contributed by atoms with van der Waals surface area (Å²) in [5.41, 5.74) is 9.73. The fourth-order valence-corrected chi connectivity index (χ4v) is 1.31. The van der Waals surface area contributed by atoms with Gasteiger partial charge in [-0.1, -0.05) is 13.8 Å². The van der Waals surface area contributed by atoms with Gasteiger partial charge in [0.05, 0.1) is 12.1 Å². The van der Waals surface area contributed by atoms with Crippen molar-refractivity contribution >= 4 is 11.8 Å². The topological polar surface area (TPSA) is 98.2 Å². The molecule has 0 aliphatic heterocycles. The van der Waals surface area contributed by atoms with E-state index in [1.165, 1.54) is 0 Å². The molecule has 0 saturated heterocycles. The Hall–Kier alpha value is -1.10. The lowest BCUT2D eigenvalue weighted by molar-refractivity contribution is -0.128. The maximum Gasteiger partial charge on any atom is 0.240 e. The number of carbonyl (C=O) groups excluding carboxylic acids is 2. The van der Waals surface area contributed by atoms with Gasteiger partial charge >= 0.3 is 0 Å². The van der Waals surface area contributed by atoms with Crippen molar-refractivity contribution < 1.29 is 9.59 Å². The van der Waals surface area contributed by atoms with Crippen molar-refractivity contribution in [3.63, 3.8) is 0 Å². The Morgan fingerprint density at radius 2 is 1.93 bits per heavy atom. The quantitative estimate of drug-likeness (QED) is 0.551. The largest absolute Gasteiger partial charge is 0.368 e. The molecule has 2 amide bonds. The Morgan fingerprint density at radius 1 is 1.43 bits per heavy atom. The summed E-state index contributed by atoms with van der Waals surface area (Å²) in [6.45, 7) is 5.44. The fourth-order valence-electron chi connectivity index (χ4n) is 1.31. The third kappa shape index (κ3) is 4.81. The predicted octanol–water partition coefficient (Wildman–Crippen LogP) is -0.649. The molecular weight excluding hydrogens is 182 g/mol. The second kappa shape index (κ2) is 4.95. The molecule has 82 valence electrons. The normalized spacial score (nSPS) is 14.9. The molecule has 0 bridgehead atoms. The molecule has 0 saturated carbocycles. The van der Waals surface area contributed by atoms with Gasteiger partial charge in [-0.05, 0) is 19.3 Å². The van der Waals surface area contributed by atoms with Gasteiger partial charge < -0.3 is 16.8 Å². The average Bonchev–Trinajstić information content (AvgIpc) is 1.97. The second-order valence-electron chi connectivity index (χ2n) is 4.16. The molecule has 0 aromatic rings. The van der Waals surface area contributed by atoms with Crippen LogP contribution >= 0.6 is 0 Å². The van der Waals surface area contributed by atoms with Crippen molar-refractivity contribution in [3.05, 3.63) is 0 Å². The van der Waals surface area contributed by atoms with Gasteiger partial charge in [-0.25, -0.2) is 0 Å². The minimum Gasteiger partial charge on any atom is -0.368 e. The van der Waals surface area contributed by atoms with E-state index in [1.807, 2.05) is 13.8 Å². The minimum absolute atomic E-state index is 0.163. The molecule has 5 N–H and O–H groups in total. The summed E-state index contributed by atoms with van der Waals surface area (Å²) in [4.78, 5) is 21.9. The van der Waals surface area contributed by atoms with E-state index in [1.54, 1.807) is 6.92 Å². The number of nitrogens with two attached hydrogens (primary N) is 2. The fraction of sp³-hybridized carbons (Fsp3) is 0.778. The molecule has 0 aromatic carbocycles. The van der Waals surface area contributed by atoms with Crippen molar-refractivity contribution in [2.24, 2.45) is 17.4 Å². The summed E-state index contributed by atoms with van der Waals surface area (Å²) < 4.78 is 0. The van der Waals surface area contributed by atoms with Crippen molar-refractivity contribution in [2.45, 2.75) is 32.7 Å². The van der Waals surface area contributed by atoms with Crippen LogP contribution in [0.1, 0.15) is 27.2 Å². The molecule has 0 rings (SSSR count). The lowest BCUT2D eigenvalue weighted by Crippen LogP contribution is -2.53. The zero-order chi connectivity index (χ0) is 11.4. The number of primary amides is 1. The summed E-state index contributed by atoms with van der Waals surface area (Å²) in [6, 6.07) is 0. The first-order chi connectivity index (χ1) is 6.25. The van der Waals surface area contributed by atoms with E-state index in [0.717, 1.165) is 0 Å². The Kier molecular flexibility index (Phi) is 4.56. The summed E-state index contributed by atoms with van der Waals surface area (Å²) >= 11 is 0. The van der Waals surface area contributed by atoms with Crippen molar-refractivity contribution in [2.75, 3.05) is 6.54 Å². The Labute approximate surface area is 84.2 Å². The lowest BCUT2D eigenvalue weighted by Gasteiger charge is -2.24. The maximum absolute atomic E-state index is 11.5. The number of amides is 2. The van der Waals surface area contributed by atoms with Gasteiger partial charge in [-0.2, -0.15) is 0 Å². The van der Waals surface area contributed by atoms with Crippen LogP contribution in [-0.2, 0) is 9.59 Å². The molecule has 0 aliphatic carbocycles. The summed E-state index contributed by atoms with van der Waals surface area (Å²) in [5, 5.41) is 2.39. The zero-order valence-corrected chi connectivity index (χ0v) is 8.96. The maximum atomic E-state index is 11.5. The summed E-state index contributed by atoms with van der Waals surface area (Å²) in [5.74, 6) is -0.590. The van der Waals surface area contributed by atoms with E-state index in [0.29, 0.717) is 12.3 Å². The van der Waals surface area contributed by atoms with Crippen LogP contribution in [0.3, 0.4) is 0 Å². The van der Waals surface area contributed by atoms with Crippen LogP contribution in [0.25, 0.3) is 0 Å². The van der Waals surface area contributed by atoms with Crippen molar-refractivity contribution in [1.29, 1.82) is 0 Å². The molecule has 14 heavy (non-hydrogen) atoms. The van der Waals surface area contributed by atoms with Crippen LogP contribution < -0.4 is 16.8 Å². The van der Waals surface area contributed by atoms with Crippen molar-refractivity contribution in [1.82, 2.24) is 5.32 Å². The first-order valence-corrected chi connectivity index (χ1v) is 4.61. The lowest BCUT2D eigenvalue weighted by atomic mass is 9.91. The number of hydrogen-bond acceptors (Lipinski definition) is 3. The van der Waals surface area contributed by atoms with Crippen LogP contribution in [-0.4, -0.2) is 23.9 Å². The van der Waals surface area contributed by atoms with E-state index in [9.17, 15) is 9.59 Å². The Balaban J connectivity index is 4.14. The third-order valence-electron chi connectivity index (χ3n) is 1.77. The van der Waals surface area contributed by atoms with E-state index in [-0.39, 0.29) is 12.5 Å². The third-order valence-corrected chi connectivity index (χ3v) is 1.77. The molecule has 0 aromatic heterocycles. The molecular formula is C9H19N3O2. The van der Waals surface area contributed by atoms with Gasteiger partial charge in [0, 0.05) is 0 Å². The molecule has 0 fully saturated rings. The van der Waals surface area contributed by atoms with E-state index >= 15 is 0 Å². The molecule has 1 atom stereocenters. The van der Waals surface area contributed by atoms with Crippen LogP contribution in [0, 0.1) is 5.92 Å². The van der Waals surface area contributed by atoms with Crippen molar-refractivity contribution in [3.8, 4) is 0 Å². The minimum atomic E-state index is -0.941.